The fourth-order valence-electron chi connectivity index (χ4n) is 2.06. The molecule has 7 heteroatoms. The summed E-state index contributed by atoms with van der Waals surface area (Å²) in [6.07, 6.45) is 0. The Morgan fingerprint density at radius 2 is 1.88 bits per heavy atom. The quantitative estimate of drug-likeness (QED) is 0.505. The number of methoxy groups -OCH3 is 1. The predicted molar refractivity (Wildman–Crippen MR) is 88.8 cm³/mol. The zero-order chi connectivity index (χ0) is 17.1. The van der Waals surface area contributed by atoms with E-state index in [0.29, 0.717) is 16.9 Å². The lowest BCUT2D eigenvalue weighted by molar-refractivity contribution is 0.0563. The van der Waals surface area contributed by atoms with Gasteiger partial charge in [0.1, 0.15) is 5.76 Å². The van der Waals surface area contributed by atoms with E-state index in [2.05, 4.69) is 14.9 Å². The van der Waals surface area contributed by atoms with Crippen molar-refractivity contribution < 1.29 is 18.4 Å². The van der Waals surface area contributed by atoms with E-state index in [1.165, 1.54) is 24.4 Å². The molecular formula is C17H16N2O4S. The summed E-state index contributed by atoms with van der Waals surface area (Å²) in [5.74, 6) is 0.776. The van der Waals surface area contributed by atoms with Gasteiger partial charge in [0.25, 0.3) is 5.22 Å². The minimum Gasteiger partial charge on any atom is -0.463 e. The molecule has 0 saturated heterocycles. The van der Waals surface area contributed by atoms with Crippen LogP contribution in [0, 0.1) is 6.92 Å². The molecule has 1 atom stereocenters. The van der Waals surface area contributed by atoms with Gasteiger partial charge in [0, 0.05) is 5.56 Å². The van der Waals surface area contributed by atoms with Gasteiger partial charge >= 0.3 is 5.97 Å². The van der Waals surface area contributed by atoms with Gasteiger partial charge in [-0.3, -0.25) is 0 Å². The number of rotatable bonds is 5. The maximum atomic E-state index is 11.4. The number of esters is 1. The van der Waals surface area contributed by atoms with Crippen LogP contribution >= 0.6 is 11.8 Å². The smallest absolute Gasteiger partial charge is 0.373 e. The molecule has 0 radical (unpaired) electrons. The molecule has 2 heterocycles. The Labute approximate surface area is 143 Å². The van der Waals surface area contributed by atoms with Crippen LogP contribution in [0.1, 0.15) is 34.1 Å². The third kappa shape index (κ3) is 3.51. The Hall–Kier alpha value is -2.54. The van der Waals surface area contributed by atoms with Crippen molar-refractivity contribution in [1.82, 2.24) is 10.2 Å². The van der Waals surface area contributed by atoms with Crippen LogP contribution in [0.5, 0.6) is 0 Å². The van der Waals surface area contributed by atoms with E-state index in [-0.39, 0.29) is 11.0 Å². The van der Waals surface area contributed by atoms with Crippen molar-refractivity contribution in [3.63, 3.8) is 0 Å². The molecule has 0 fully saturated rings. The number of aryl methyl sites for hydroxylation is 1. The van der Waals surface area contributed by atoms with Crippen molar-refractivity contribution in [2.75, 3.05) is 7.11 Å². The molecule has 0 spiro atoms. The number of aromatic nitrogens is 2. The largest absolute Gasteiger partial charge is 0.463 e. The summed E-state index contributed by atoms with van der Waals surface area (Å²) in [6.45, 7) is 3.95. The highest BCUT2D eigenvalue weighted by atomic mass is 32.2. The average molecular weight is 344 g/mol. The lowest BCUT2D eigenvalue weighted by atomic mass is 10.1. The molecule has 0 bridgehead atoms. The van der Waals surface area contributed by atoms with E-state index >= 15 is 0 Å². The van der Waals surface area contributed by atoms with Crippen molar-refractivity contribution in [1.29, 1.82) is 0 Å². The van der Waals surface area contributed by atoms with Gasteiger partial charge < -0.3 is 13.6 Å². The SMILES string of the molecule is COC(=O)c1ccc(C(C)Sc2nnc(-c3ccc(C)cc3)o2)o1. The standard InChI is InChI=1S/C17H16N2O4S/c1-10-4-6-12(7-5-10)15-18-19-17(23-15)24-11(2)13-8-9-14(22-13)16(20)21-3/h4-9,11H,1-3H3. The van der Waals surface area contributed by atoms with Crippen LogP contribution in [0.25, 0.3) is 11.5 Å². The number of carbonyl (C=O) groups is 1. The molecule has 0 aliphatic heterocycles. The summed E-state index contributed by atoms with van der Waals surface area (Å²) in [5, 5.41) is 8.47. The second-order valence-corrected chi connectivity index (χ2v) is 6.48. The van der Waals surface area contributed by atoms with Gasteiger partial charge in [0.2, 0.25) is 11.7 Å². The van der Waals surface area contributed by atoms with E-state index < -0.39 is 5.97 Å². The molecule has 24 heavy (non-hydrogen) atoms. The van der Waals surface area contributed by atoms with Gasteiger partial charge in [-0.2, -0.15) is 0 Å². The number of thioether (sulfide) groups is 1. The van der Waals surface area contributed by atoms with Gasteiger partial charge in [-0.05, 0) is 38.1 Å². The molecule has 3 aromatic rings. The summed E-state index contributed by atoms with van der Waals surface area (Å²) in [6, 6.07) is 11.2. The van der Waals surface area contributed by atoms with Crippen LogP contribution in [0.3, 0.4) is 0 Å². The first-order chi connectivity index (χ1) is 11.6. The fourth-order valence-corrected chi connectivity index (χ4v) is 2.82. The number of hydrogen-bond acceptors (Lipinski definition) is 7. The minimum absolute atomic E-state index is 0.0882. The highest BCUT2D eigenvalue weighted by Gasteiger charge is 2.19. The molecule has 0 N–H and O–H groups in total. The van der Waals surface area contributed by atoms with Crippen LogP contribution in [0.4, 0.5) is 0 Å². The highest BCUT2D eigenvalue weighted by molar-refractivity contribution is 7.99. The first-order valence-corrected chi connectivity index (χ1v) is 8.20. The molecule has 124 valence electrons. The van der Waals surface area contributed by atoms with Crippen LogP contribution < -0.4 is 0 Å². The minimum atomic E-state index is -0.502. The van der Waals surface area contributed by atoms with Crippen LogP contribution in [0.15, 0.2) is 50.5 Å². The van der Waals surface area contributed by atoms with Crippen LogP contribution in [0.2, 0.25) is 0 Å². The van der Waals surface area contributed by atoms with Crippen molar-refractivity contribution in [2.24, 2.45) is 0 Å². The van der Waals surface area contributed by atoms with Crippen molar-refractivity contribution in [2.45, 2.75) is 24.3 Å². The average Bonchev–Trinajstić information content (AvgIpc) is 3.24. The second kappa shape index (κ2) is 6.92. The molecule has 0 aliphatic carbocycles. The second-order valence-electron chi connectivity index (χ2n) is 5.19. The van der Waals surface area contributed by atoms with Gasteiger partial charge in [0.15, 0.2) is 0 Å². The molecule has 1 aromatic carbocycles. The number of hydrogen-bond donors (Lipinski definition) is 0. The molecule has 3 rings (SSSR count). The topological polar surface area (TPSA) is 78.4 Å². The third-order valence-corrected chi connectivity index (χ3v) is 4.35. The highest BCUT2D eigenvalue weighted by Crippen LogP contribution is 2.36. The summed E-state index contributed by atoms with van der Waals surface area (Å²) in [5.41, 5.74) is 2.04. The monoisotopic (exact) mass is 344 g/mol. The first-order valence-electron chi connectivity index (χ1n) is 7.32. The van der Waals surface area contributed by atoms with Gasteiger partial charge in [-0.1, -0.05) is 29.5 Å². The lowest BCUT2D eigenvalue weighted by Crippen LogP contribution is -1.98. The number of ether oxygens (including phenoxy) is 1. The summed E-state index contributed by atoms with van der Waals surface area (Å²) >= 11 is 1.36. The van der Waals surface area contributed by atoms with E-state index in [1.807, 2.05) is 38.1 Å². The van der Waals surface area contributed by atoms with E-state index in [0.717, 1.165) is 5.56 Å². The van der Waals surface area contributed by atoms with Crippen molar-refractivity contribution in [3.05, 3.63) is 53.5 Å². The predicted octanol–water partition coefficient (Wildman–Crippen LogP) is 4.28. The molecule has 0 amide bonds. The van der Waals surface area contributed by atoms with Crippen molar-refractivity contribution >= 4 is 17.7 Å². The third-order valence-electron chi connectivity index (χ3n) is 3.40. The van der Waals surface area contributed by atoms with Gasteiger partial charge in [-0.15, -0.1) is 10.2 Å². The Balaban J connectivity index is 1.71. The molecule has 2 aromatic heterocycles. The molecule has 0 saturated carbocycles. The van der Waals surface area contributed by atoms with E-state index in [1.54, 1.807) is 12.1 Å². The van der Waals surface area contributed by atoms with E-state index in [9.17, 15) is 4.79 Å². The lowest BCUT2D eigenvalue weighted by Gasteiger charge is -2.04. The normalized spacial score (nSPS) is 12.1. The number of carbonyl (C=O) groups excluding carboxylic acids is 1. The number of benzene rings is 1. The van der Waals surface area contributed by atoms with Gasteiger partial charge in [0.05, 0.1) is 12.4 Å². The fraction of sp³-hybridized carbons (Fsp3) is 0.235. The number of nitrogens with zero attached hydrogens (tertiary/aromatic N) is 2. The molecule has 6 nitrogen and oxygen atoms in total. The van der Waals surface area contributed by atoms with Crippen LogP contribution in [-0.2, 0) is 4.74 Å². The summed E-state index contributed by atoms with van der Waals surface area (Å²) in [7, 11) is 1.31. The van der Waals surface area contributed by atoms with Crippen molar-refractivity contribution in [3.8, 4) is 11.5 Å². The molecular weight excluding hydrogens is 328 g/mol. The number of furan rings is 1. The van der Waals surface area contributed by atoms with Gasteiger partial charge in [-0.25, -0.2) is 4.79 Å². The maximum absolute atomic E-state index is 11.4. The summed E-state index contributed by atoms with van der Waals surface area (Å²) in [4.78, 5) is 11.4. The Bertz CT molecular complexity index is 838. The zero-order valence-corrected chi connectivity index (χ0v) is 14.3. The van der Waals surface area contributed by atoms with Crippen LogP contribution in [-0.4, -0.2) is 23.3 Å². The Morgan fingerprint density at radius 3 is 2.58 bits per heavy atom. The molecule has 0 aliphatic rings. The molecule has 1 unspecified atom stereocenters. The van der Waals surface area contributed by atoms with E-state index in [4.69, 9.17) is 8.83 Å². The maximum Gasteiger partial charge on any atom is 0.373 e. The summed E-state index contributed by atoms with van der Waals surface area (Å²) < 4.78 is 15.8. The Morgan fingerprint density at radius 1 is 1.12 bits per heavy atom. The first kappa shape index (κ1) is 16.3. The zero-order valence-electron chi connectivity index (χ0n) is 13.5. The Kier molecular flexibility index (Phi) is 4.71.